The van der Waals surface area contributed by atoms with Crippen LogP contribution in [-0.4, -0.2) is 46.5 Å². The van der Waals surface area contributed by atoms with Gasteiger partial charge in [-0.1, -0.05) is 30.3 Å². The summed E-state index contributed by atoms with van der Waals surface area (Å²) in [5.74, 6) is -1.79. The van der Waals surface area contributed by atoms with E-state index in [0.29, 0.717) is 0 Å². The Morgan fingerprint density at radius 2 is 1.86 bits per heavy atom. The Balaban J connectivity index is 1.98. The lowest BCUT2D eigenvalue weighted by Gasteiger charge is -2.26. The molecule has 3 amide bonds. The quantitative estimate of drug-likeness (QED) is 0.773. The van der Waals surface area contributed by atoms with Crippen LogP contribution in [0.2, 0.25) is 0 Å². The van der Waals surface area contributed by atoms with E-state index in [-0.39, 0.29) is 19.4 Å². The van der Waals surface area contributed by atoms with Crippen molar-refractivity contribution in [3.63, 3.8) is 0 Å². The molecule has 8 nitrogen and oxygen atoms in total. The van der Waals surface area contributed by atoms with E-state index in [2.05, 4.69) is 5.32 Å². The number of hydrogen-bond acceptors (Lipinski definition) is 6. The summed E-state index contributed by atoms with van der Waals surface area (Å²) < 4.78 is 10.4. The number of esters is 1. The van der Waals surface area contributed by atoms with E-state index in [4.69, 9.17) is 9.47 Å². The number of likely N-dealkylation sites (tertiary alicyclic amines) is 1. The zero-order valence-electron chi connectivity index (χ0n) is 16.6. The molecule has 1 N–H and O–H groups in total. The molecule has 0 radical (unpaired) electrons. The molecule has 0 unspecified atom stereocenters. The largest absolute Gasteiger partial charge is 0.459 e. The van der Waals surface area contributed by atoms with Gasteiger partial charge >= 0.3 is 12.1 Å². The lowest BCUT2D eigenvalue weighted by atomic mass is 10.2. The smallest absolute Gasteiger partial charge is 0.408 e. The third-order valence-electron chi connectivity index (χ3n) is 4.05. The molecule has 1 aromatic carbocycles. The predicted molar refractivity (Wildman–Crippen MR) is 99.9 cm³/mol. The van der Waals surface area contributed by atoms with Crippen LogP contribution >= 0.6 is 0 Å². The molecule has 2 atom stereocenters. The van der Waals surface area contributed by atoms with Gasteiger partial charge < -0.3 is 14.8 Å². The van der Waals surface area contributed by atoms with Crippen molar-refractivity contribution in [2.75, 3.05) is 0 Å². The summed E-state index contributed by atoms with van der Waals surface area (Å²) >= 11 is 0. The first kappa shape index (κ1) is 21.4. The van der Waals surface area contributed by atoms with Gasteiger partial charge in [0.25, 0.3) is 5.91 Å². The van der Waals surface area contributed by atoms with Crippen LogP contribution in [-0.2, 0) is 30.5 Å². The second-order valence-corrected chi connectivity index (χ2v) is 7.62. The first-order valence-electron chi connectivity index (χ1n) is 9.14. The van der Waals surface area contributed by atoms with E-state index in [9.17, 15) is 19.2 Å². The van der Waals surface area contributed by atoms with Crippen molar-refractivity contribution < 1.29 is 28.7 Å². The molecule has 1 fully saturated rings. The highest BCUT2D eigenvalue weighted by molar-refractivity contribution is 6.04. The molecule has 0 spiro atoms. The molecule has 1 heterocycles. The van der Waals surface area contributed by atoms with Crippen LogP contribution in [0.5, 0.6) is 0 Å². The molecule has 0 saturated carbocycles. The van der Waals surface area contributed by atoms with Crippen LogP contribution < -0.4 is 5.32 Å². The summed E-state index contributed by atoms with van der Waals surface area (Å²) in [7, 11) is 0. The molecule has 0 aliphatic carbocycles. The molecule has 28 heavy (non-hydrogen) atoms. The number of nitrogens with one attached hydrogen (secondary N) is 1. The Bertz CT molecular complexity index is 741. The van der Waals surface area contributed by atoms with Gasteiger partial charge in [0.2, 0.25) is 5.91 Å². The molecule has 0 bridgehead atoms. The number of carbonyl (C=O) groups excluding carboxylic acids is 4. The van der Waals surface area contributed by atoms with Gasteiger partial charge in [0.15, 0.2) is 0 Å². The Kier molecular flexibility index (Phi) is 6.77. The summed E-state index contributed by atoms with van der Waals surface area (Å²) in [6.45, 7) is 6.58. The summed E-state index contributed by atoms with van der Waals surface area (Å²) in [6.07, 6.45) is -0.518. The maximum atomic E-state index is 12.7. The average molecular weight is 390 g/mol. The summed E-state index contributed by atoms with van der Waals surface area (Å²) in [6, 6.07) is 7.09. The van der Waals surface area contributed by atoms with Crippen LogP contribution in [0.15, 0.2) is 30.3 Å². The third-order valence-corrected chi connectivity index (χ3v) is 4.05. The Hall–Kier alpha value is -2.90. The monoisotopic (exact) mass is 390 g/mol. The second-order valence-electron chi connectivity index (χ2n) is 7.62. The lowest BCUT2D eigenvalue weighted by Crippen LogP contribution is -2.52. The standard InChI is InChI=1S/C20H26N2O6/c1-13(21-19(26)28-20(2,3)4)17(24)22-15(10-11-16(22)23)18(25)27-12-14-8-6-5-7-9-14/h5-9,13,15H,10-12H2,1-4H3,(H,21,26)/t13-,15-/m0/s1. The second kappa shape index (κ2) is 8.86. The molecule has 1 aliphatic heterocycles. The van der Waals surface area contributed by atoms with Crippen molar-refractivity contribution in [1.82, 2.24) is 10.2 Å². The van der Waals surface area contributed by atoms with Gasteiger partial charge in [-0.2, -0.15) is 0 Å². The normalized spacial score (nSPS) is 17.8. The van der Waals surface area contributed by atoms with Crippen LogP contribution in [0.1, 0.15) is 46.1 Å². The number of benzene rings is 1. The summed E-state index contributed by atoms with van der Waals surface area (Å²) in [5.41, 5.74) is 0.0816. The number of carbonyl (C=O) groups is 4. The van der Waals surface area contributed by atoms with Gasteiger partial charge in [0.05, 0.1) is 0 Å². The Labute approximate surface area is 164 Å². The highest BCUT2D eigenvalue weighted by Gasteiger charge is 2.43. The van der Waals surface area contributed by atoms with Crippen molar-refractivity contribution in [2.45, 2.75) is 64.8 Å². The summed E-state index contributed by atoms with van der Waals surface area (Å²) in [4.78, 5) is 50.0. The lowest BCUT2D eigenvalue weighted by molar-refractivity contribution is -0.159. The number of amides is 3. The molecular weight excluding hydrogens is 364 g/mol. The molecular formula is C20H26N2O6. The maximum Gasteiger partial charge on any atom is 0.408 e. The van der Waals surface area contributed by atoms with Gasteiger partial charge in [-0.3, -0.25) is 14.5 Å². The van der Waals surface area contributed by atoms with Crippen molar-refractivity contribution in [2.24, 2.45) is 0 Å². The Morgan fingerprint density at radius 1 is 1.21 bits per heavy atom. The van der Waals surface area contributed by atoms with E-state index < -0.39 is 41.6 Å². The molecule has 1 saturated heterocycles. The fraction of sp³-hybridized carbons (Fsp3) is 0.500. The van der Waals surface area contributed by atoms with Gasteiger partial charge in [-0.05, 0) is 39.7 Å². The van der Waals surface area contributed by atoms with Gasteiger partial charge in [-0.15, -0.1) is 0 Å². The fourth-order valence-electron chi connectivity index (χ4n) is 2.76. The van der Waals surface area contributed by atoms with E-state index in [1.54, 1.807) is 20.8 Å². The van der Waals surface area contributed by atoms with Crippen LogP contribution in [0.25, 0.3) is 0 Å². The van der Waals surface area contributed by atoms with E-state index in [1.807, 2.05) is 30.3 Å². The predicted octanol–water partition coefficient (Wildman–Crippen LogP) is 2.16. The fourth-order valence-corrected chi connectivity index (χ4v) is 2.76. The highest BCUT2D eigenvalue weighted by atomic mass is 16.6. The summed E-state index contributed by atoms with van der Waals surface area (Å²) in [5, 5.41) is 2.39. The Morgan fingerprint density at radius 3 is 2.46 bits per heavy atom. The zero-order valence-corrected chi connectivity index (χ0v) is 16.6. The van der Waals surface area contributed by atoms with Crippen molar-refractivity contribution in [3.8, 4) is 0 Å². The molecule has 1 aliphatic rings. The number of imide groups is 1. The SMILES string of the molecule is C[C@H](NC(=O)OC(C)(C)C)C(=O)N1C(=O)CC[C@H]1C(=O)OCc1ccccc1. The first-order valence-corrected chi connectivity index (χ1v) is 9.14. The number of rotatable bonds is 5. The molecule has 8 heteroatoms. The van der Waals surface area contributed by atoms with Crippen LogP contribution in [0, 0.1) is 0 Å². The zero-order chi connectivity index (χ0) is 20.9. The van der Waals surface area contributed by atoms with Crippen LogP contribution in [0.4, 0.5) is 4.79 Å². The molecule has 2 rings (SSSR count). The van der Waals surface area contributed by atoms with Gasteiger partial charge in [0, 0.05) is 6.42 Å². The van der Waals surface area contributed by atoms with E-state index in [1.165, 1.54) is 6.92 Å². The first-order chi connectivity index (χ1) is 13.1. The molecule has 152 valence electrons. The van der Waals surface area contributed by atoms with Crippen molar-refractivity contribution >= 4 is 23.9 Å². The van der Waals surface area contributed by atoms with Crippen molar-refractivity contribution in [3.05, 3.63) is 35.9 Å². The minimum absolute atomic E-state index is 0.0537. The molecule has 1 aromatic rings. The topological polar surface area (TPSA) is 102 Å². The third kappa shape index (κ3) is 5.80. The van der Waals surface area contributed by atoms with Gasteiger partial charge in [0.1, 0.15) is 24.3 Å². The number of alkyl carbamates (subject to hydrolysis) is 1. The number of nitrogens with zero attached hydrogens (tertiary/aromatic N) is 1. The van der Waals surface area contributed by atoms with Crippen molar-refractivity contribution in [1.29, 1.82) is 0 Å². The van der Waals surface area contributed by atoms with E-state index >= 15 is 0 Å². The minimum Gasteiger partial charge on any atom is -0.459 e. The van der Waals surface area contributed by atoms with E-state index in [0.717, 1.165) is 10.5 Å². The number of ether oxygens (including phenoxy) is 2. The molecule has 0 aromatic heterocycles. The van der Waals surface area contributed by atoms with Gasteiger partial charge in [-0.25, -0.2) is 9.59 Å². The minimum atomic E-state index is -1.03. The maximum absolute atomic E-state index is 12.7. The highest BCUT2D eigenvalue weighted by Crippen LogP contribution is 2.22. The van der Waals surface area contributed by atoms with Crippen LogP contribution in [0.3, 0.4) is 0 Å². The average Bonchev–Trinajstić information content (AvgIpc) is 2.99. The number of hydrogen-bond donors (Lipinski definition) is 1.